The van der Waals surface area contributed by atoms with E-state index in [9.17, 15) is 0 Å². The van der Waals surface area contributed by atoms with Gasteiger partial charge >= 0.3 is 6.92 Å². The number of rotatable bonds is 15. The van der Waals surface area contributed by atoms with Gasteiger partial charge in [-0.05, 0) is 49.2 Å². The molecule has 170 valence electrons. The molecular weight excluding hydrogens is 383 g/mol. The minimum absolute atomic E-state index is 0.164. The topological polar surface area (TPSA) is 18.5 Å². The molecule has 0 N–H and O–H groups in total. The van der Waals surface area contributed by atoms with Crippen LogP contribution in [0.5, 0.6) is 0 Å². The summed E-state index contributed by atoms with van der Waals surface area (Å²) in [6.07, 6.45) is 10.1. The monoisotopic (exact) mass is 430 g/mol. The molecule has 0 radical (unpaired) electrons. The van der Waals surface area contributed by atoms with Gasteiger partial charge in [0.25, 0.3) is 0 Å². The van der Waals surface area contributed by atoms with Crippen molar-refractivity contribution in [2.45, 2.75) is 116 Å². The van der Waals surface area contributed by atoms with Crippen LogP contribution >= 0.6 is 0 Å². The Bertz CT molecular complexity index is 587. The van der Waals surface area contributed by atoms with Gasteiger partial charge in [0.15, 0.2) is 8.32 Å². The lowest BCUT2D eigenvalue weighted by Crippen LogP contribution is -2.44. The summed E-state index contributed by atoms with van der Waals surface area (Å²) in [7, 11) is -1.85. The molecule has 0 fully saturated rings. The number of hydrogen-bond donors (Lipinski definition) is 0. The van der Waals surface area contributed by atoms with E-state index in [1.54, 1.807) is 0 Å². The second kappa shape index (κ2) is 13.4. The van der Waals surface area contributed by atoms with Crippen molar-refractivity contribution in [2.24, 2.45) is 0 Å². The summed E-state index contributed by atoms with van der Waals surface area (Å²) in [6.45, 7) is 20.7. The highest BCUT2D eigenvalue weighted by Crippen LogP contribution is 2.38. The van der Waals surface area contributed by atoms with Crippen molar-refractivity contribution in [1.82, 2.24) is 0 Å². The molecule has 0 aromatic heterocycles. The molecule has 2 nitrogen and oxygen atoms in total. The maximum absolute atomic E-state index is 6.84. The Balaban J connectivity index is 2.79. The average Bonchev–Trinajstić information content (AvgIpc) is 2.67. The van der Waals surface area contributed by atoms with Gasteiger partial charge in [0, 0.05) is 6.42 Å². The molecule has 1 aromatic carbocycles. The number of unbranched alkanes of at least 4 members (excludes halogenated alkanes) is 2. The third-order valence-electron chi connectivity index (χ3n) is 6.41. The van der Waals surface area contributed by atoms with Gasteiger partial charge in [0.05, 0.1) is 11.9 Å². The number of hydrogen-bond acceptors (Lipinski definition) is 2. The van der Waals surface area contributed by atoms with Gasteiger partial charge < -0.3 is 9.08 Å². The maximum atomic E-state index is 6.84. The predicted molar refractivity (Wildman–Crippen MR) is 137 cm³/mol. The van der Waals surface area contributed by atoms with Crippen LogP contribution in [-0.2, 0) is 15.5 Å². The molecule has 0 saturated carbocycles. The lowest BCUT2D eigenvalue weighted by atomic mass is 9.59. The molecule has 0 aliphatic carbocycles. The highest BCUT2D eigenvalue weighted by Gasteiger charge is 2.39. The summed E-state index contributed by atoms with van der Waals surface area (Å²) in [4.78, 5) is 0. The molecule has 0 aliphatic heterocycles. The van der Waals surface area contributed by atoms with E-state index in [0.29, 0.717) is 6.92 Å². The molecule has 0 bridgehead atoms. The van der Waals surface area contributed by atoms with E-state index in [0.717, 1.165) is 37.7 Å². The van der Waals surface area contributed by atoms with Gasteiger partial charge in [-0.3, -0.25) is 0 Å². The molecule has 1 rings (SSSR count). The van der Waals surface area contributed by atoms with Crippen LogP contribution < -0.4 is 0 Å². The van der Waals surface area contributed by atoms with Crippen molar-refractivity contribution in [1.29, 1.82) is 0 Å². The quantitative estimate of drug-likeness (QED) is 0.205. The van der Waals surface area contributed by atoms with Crippen LogP contribution in [0, 0.1) is 0 Å². The Morgan fingerprint density at radius 1 is 1.03 bits per heavy atom. The lowest BCUT2D eigenvalue weighted by Gasteiger charge is -2.39. The summed E-state index contributed by atoms with van der Waals surface area (Å²) >= 11 is 0. The van der Waals surface area contributed by atoms with Crippen molar-refractivity contribution in [3.8, 4) is 0 Å². The Morgan fingerprint density at radius 2 is 1.60 bits per heavy atom. The molecule has 1 unspecified atom stereocenters. The SMILES string of the molecule is C=C(CC(CCc1ccccc1)O[Si](C)(C)C(C)(C)C)OB(CCCC)CCCC. The summed E-state index contributed by atoms with van der Waals surface area (Å²) in [5.74, 6) is 0.906. The van der Waals surface area contributed by atoms with Gasteiger partial charge in [-0.15, -0.1) is 0 Å². The van der Waals surface area contributed by atoms with E-state index in [-0.39, 0.29) is 11.1 Å². The van der Waals surface area contributed by atoms with E-state index in [2.05, 4.69) is 84.6 Å². The summed E-state index contributed by atoms with van der Waals surface area (Å²) in [5, 5.41) is 0.199. The summed E-state index contributed by atoms with van der Waals surface area (Å²) in [6, 6.07) is 10.7. The zero-order valence-electron chi connectivity index (χ0n) is 20.9. The van der Waals surface area contributed by atoms with Crippen LogP contribution in [0.3, 0.4) is 0 Å². The molecule has 0 amide bonds. The van der Waals surface area contributed by atoms with Crippen LogP contribution in [-0.4, -0.2) is 21.3 Å². The van der Waals surface area contributed by atoms with Crippen molar-refractivity contribution < 1.29 is 9.08 Å². The lowest BCUT2D eigenvalue weighted by molar-refractivity contribution is 0.158. The largest absolute Gasteiger partial charge is 0.564 e. The van der Waals surface area contributed by atoms with Gasteiger partial charge in [0.1, 0.15) is 0 Å². The maximum Gasteiger partial charge on any atom is 0.357 e. The second-order valence-corrected chi connectivity index (χ2v) is 15.0. The summed E-state index contributed by atoms with van der Waals surface area (Å²) < 4.78 is 13.2. The van der Waals surface area contributed by atoms with Gasteiger partial charge in [-0.2, -0.15) is 0 Å². The zero-order chi connectivity index (χ0) is 22.6. The van der Waals surface area contributed by atoms with Crippen LogP contribution in [0.1, 0.15) is 78.7 Å². The molecule has 1 atom stereocenters. The van der Waals surface area contributed by atoms with Gasteiger partial charge in [0.2, 0.25) is 0 Å². The Kier molecular flexibility index (Phi) is 12.1. The first-order valence-electron chi connectivity index (χ1n) is 12.1. The third kappa shape index (κ3) is 10.3. The van der Waals surface area contributed by atoms with Crippen LogP contribution in [0.4, 0.5) is 0 Å². The number of aryl methyl sites for hydroxylation is 1. The third-order valence-corrected chi connectivity index (χ3v) is 10.9. The Labute approximate surface area is 189 Å². The first-order valence-corrected chi connectivity index (χ1v) is 15.1. The van der Waals surface area contributed by atoms with Crippen LogP contribution in [0.15, 0.2) is 42.7 Å². The Hall–Kier alpha value is -0.998. The zero-order valence-corrected chi connectivity index (χ0v) is 21.9. The first-order chi connectivity index (χ1) is 14.1. The molecule has 0 saturated heterocycles. The molecule has 0 heterocycles. The van der Waals surface area contributed by atoms with Crippen molar-refractivity contribution >= 4 is 15.2 Å². The molecule has 1 aromatic rings. The van der Waals surface area contributed by atoms with E-state index in [1.807, 2.05) is 0 Å². The average molecular weight is 431 g/mol. The fourth-order valence-corrected chi connectivity index (χ4v) is 4.82. The van der Waals surface area contributed by atoms with E-state index in [1.165, 1.54) is 31.2 Å². The Morgan fingerprint density at radius 3 is 2.10 bits per heavy atom. The smallest absolute Gasteiger partial charge is 0.357 e. The molecular formula is C26H47BO2Si. The summed E-state index contributed by atoms with van der Waals surface area (Å²) in [5.41, 5.74) is 1.37. The van der Waals surface area contributed by atoms with Gasteiger partial charge in [-0.25, -0.2) is 0 Å². The van der Waals surface area contributed by atoms with E-state index in [4.69, 9.17) is 9.08 Å². The fourth-order valence-electron chi connectivity index (χ4n) is 3.43. The molecule has 30 heavy (non-hydrogen) atoms. The second-order valence-electron chi connectivity index (χ2n) is 10.3. The molecule has 0 spiro atoms. The van der Waals surface area contributed by atoms with Crippen LogP contribution in [0.25, 0.3) is 0 Å². The van der Waals surface area contributed by atoms with E-state index < -0.39 is 8.32 Å². The normalized spacial score (nSPS) is 13.2. The van der Waals surface area contributed by atoms with Crippen molar-refractivity contribution in [3.63, 3.8) is 0 Å². The first kappa shape index (κ1) is 27.0. The highest BCUT2D eigenvalue weighted by molar-refractivity contribution is 6.74. The standard InChI is InChI=1S/C26H47BO2Si/c1-9-11-20-27(21-12-10-2)28-23(3)22-25(29-30(7,8)26(4,5)6)19-18-24-16-14-13-15-17-24/h13-17,25H,3,9-12,18-22H2,1-2,4-8H3. The number of benzene rings is 1. The molecule has 0 aliphatic rings. The van der Waals surface area contributed by atoms with Gasteiger partial charge in [-0.1, -0.05) is 97.2 Å². The fraction of sp³-hybridized carbons (Fsp3) is 0.692. The van der Waals surface area contributed by atoms with Crippen molar-refractivity contribution in [3.05, 3.63) is 48.2 Å². The van der Waals surface area contributed by atoms with E-state index >= 15 is 0 Å². The predicted octanol–water partition coefficient (Wildman–Crippen LogP) is 8.52. The van der Waals surface area contributed by atoms with Crippen molar-refractivity contribution in [2.75, 3.05) is 0 Å². The highest BCUT2D eigenvalue weighted by atomic mass is 28.4. The minimum Gasteiger partial charge on any atom is -0.564 e. The molecule has 4 heteroatoms. The minimum atomic E-state index is -1.85. The van der Waals surface area contributed by atoms with Crippen LogP contribution in [0.2, 0.25) is 30.8 Å².